The number of hydrazine groups is 1. The van der Waals surface area contributed by atoms with Gasteiger partial charge in [0.05, 0.1) is 17.7 Å². The molecule has 0 unspecified atom stereocenters. The third-order valence-electron chi connectivity index (χ3n) is 4.02. The minimum absolute atomic E-state index is 0.0202. The summed E-state index contributed by atoms with van der Waals surface area (Å²) < 4.78 is 6.41. The highest BCUT2D eigenvalue weighted by atomic mass is 79.9. The number of nitrogens with one attached hydrogen (secondary N) is 3. The van der Waals surface area contributed by atoms with Crippen LogP contribution in [0.3, 0.4) is 0 Å². The standard InChI is InChI=1S/C21H24BrN3O3S/c1-2-3-4-9-14-28-18-13-8-6-11-16(18)19(26)23-21(29)25-24-20(27)15-10-5-7-12-17(15)22/h5-8,10-13H,2-4,9,14H2,1H3,(H,24,27)(H2,23,25,26,29). The van der Waals surface area contributed by atoms with Crippen LogP contribution in [0.15, 0.2) is 53.0 Å². The van der Waals surface area contributed by atoms with Gasteiger partial charge in [-0.25, -0.2) is 0 Å². The summed E-state index contributed by atoms with van der Waals surface area (Å²) in [7, 11) is 0. The Morgan fingerprint density at radius 1 is 0.931 bits per heavy atom. The first-order chi connectivity index (χ1) is 14.0. The van der Waals surface area contributed by atoms with Crippen LogP contribution in [-0.2, 0) is 0 Å². The molecule has 0 saturated heterocycles. The molecule has 2 aromatic carbocycles. The Kier molecular flexibility index (Phi) is 9.59. The Bertz CT molecular complexity index is 861. The van der Waals surface area contributed by atoms with E-state index in [1.807, 2.05) is 12.1 Å². The molecule has 0 aliphatic rings. The van der Waals surface area contributed by atoms with Gasteiger partial charge in [0.2, 0.25) is 0 Å². The molecule has 0 aliphatic heterocycles. The molecule has 0 fully saturated rings. The van der Waals surface area contributed by atoms with Crippen molar-refractivity contribution in [1.29, 1.82) is 0 Å². The van der Waals surface area contributed by atoms with Crippen molar-refractivity contribution in [3.05, 3.63) is 64.1 Å². The number of hydrogen-bond donors (Lipinski definition) is 3. The van der Waals surface area contributed by atoms with Crippen LogP contribution in [0.25, 0.3) is 0 Å². The number of carbonyl (C=O) groups excluding carboxylic acids is 2. The molecule has 0 heterocycles. The predicted molar refractivity (Wildman–Crippen MR) is 121 cm³/mol. The molecule has 0 saturated carbocycles. The number of para-hydroxylation sites is 1. The van der Waals surface area contributed by atoms with Gasteiger partial charge in [-0.2, -0.15) is 0 Å². The molecule has 6 nitrogen and oxygen atoms in total. The molecule has 0 radical (unpaired) electrons. The number of benzene rings is 2. The lowest BCUT2D eigenvalue weighted by Gasteiger charge is -2.14. The van der Waals surface area contributed by atoms with Crippen molar-refractivity contribution in [2.45, 2.75) is 32.6 Å². The average Bonchev–Trinajstić information content (AvgIpc) is 2.72. The molecular formula is C21H24BrN3O3S. The number of rotatable bonds is 8. The summed E-state index contributed by atoms with van der Waals surface area (Å²) in [5.41, 5.74) is 5.81. The Hall–Kier alpha value is -2.45. The highest BCUT2D eigenvalue weighted by Crippen LogP contribution is 2.18. The van der Waals surface area contributed by atoms with E-state index < -0.39 is 5.91 Å². The van der Waals surface area contributed by atoms with Gasteiger partial charge in [-0.15, -0.1) is 0 Å². The quantitative estimate of drug-likeness (QED) is 0.299. The number of carbonyl (C=O) groups is 2. The van der Waals surface area contributed by atoms with E-state index in [9.17, 15) is 9.59 Å². The number of ether oxygens (including phenoxy) is 1. The van der Waals surface area contributed by atoms with Gasteiger partial charge in [-0.3, -0.25) is 25.8 Å². The molecule has 0 aliphatic carbocycles. The Labute approximate surface area is 184 Å². The largest absolute Gasteiger partial charge is 0.493 e. The molecule has 0 bridgehead atoms. The van der Waals surface area contributed by atoms with Crippen LogP contribution < -0.4 is 20.9 Å². The first-order valence-corrected chi connectivity index (χ1v) is 10.6. The zero-order chi connectivity index (χ0) is 21.1. The van der Waals surface area contributed by atoms with Gasteiger partial charge < -0.3 is 4.74 Å². The van der Waals surface area contributed by atoms with Crippen molar-refractivity contribution >= 4 is 45.1 Å². The van der Waals surface area contributed by atoms with E-state index in [-0.39, 0.29) is 11.0 Å². The maximum Gasteiger partial charge on any atom is 0.270 e. The molecule has 2 aromatic rings. The summed E-state index contributed by atoms with van der Waals surface area (Å²) in [5, 5.41) is 2.52. The summed E-state index contributed by atoms with van der Waals surface area (Å²) in [5.74, 6) is -0.298. The lowest BCUT2D eigenvalue weighted by Crippen LogP contribution is -2.48. The van der Waals surface area contributed by atoms with Crippen LogP contribution in [0.1, 0.15) is 53.3 Å². The molecular weight excluding hydrogens is 454 g/mol. The minimum Gasteiger partial charge on any atom is -0.493 e. The fourth-order valence-electron chi connectivity index (χ4n) is 2.52. The van der Waals surface area contributed by atoms with Gasteiger partial charge in [0.15, 0.2) is 5.11 Å². The zero-order valence-corrected chi connectivity index (χ0v) is 18.6. The number of amides is 2. The fraction of sp³-hybridized carbons (Fsp3) is 0.286. The third-order valence-corrected chi connectivity index (χ3v) is 4.92. The fourth-order valence-corrected chi connectivity index (χ4v) is 3.13. The van der Waals surface area contributed by atoms with Crippen molar-refractivity contribution in [1.82, 2.24) is 16.2 Å². The molecule has 0 atom stereocenters. The Morgan fingerprint density at radius 2 is 1.62 bits per heavy atom. The molecule has 154 valence electrons. The molecule has 0 spiro atoms. The van der Waals surface area contributed by atoms with E-state index >= 15 is 0 Å². The summed E-state index contributed by atoms with van der Waals surface area (Å²) in [4.78, 5) is 24.7. The summed E-state index contributed by atoms with van der Waals surface area (Å²) >= 11 is 8.41. The first-order valence-electron chi connectivity index (χ1n) is 9.41. The van der Waals surface area contributed by atoms with Crippen molar-refractivity contribution < 1.29 is 14.3 Å². The van der Waals surface area contributed by atoms with Crippen molar-refractivity contribution in [3.63, 3.8) is 0 Å². The van der Waals surface area contributed by atoms with Gasteiger partial charge in [-0.1, -0.05) is 50.5 Å². The Morgan fingerprint density at radius 3 is 2.34 bits per heavy atom. The molecule has 8 heteroatoms. The van der Waals surface area contributed by atoms with Crippen LogP contribution in [0.2, 0.25) is 0 Å². The van der Waals surface area contributed by atoms with Crippen LogP contribution in [0, 0.1) is 0 Å². The van der Waals surface area contributed by atoms with E-state index in [0.717, 1.165) is 25.7 Å². The van der Waals surface area contributed by atoms with E-state index in [1.54, 1.807) is 36.4 Å². The number of unbranched alkanes of at least 4 members (excludes halogenated alkanes) is 3. The summed E-state index contributed by atoms with van der Waals surface area (Å²) in [6.45, 7) is 2.70. The second kappa shape index (κ2) is 12.2. The minimum atomic E-state index is -0.415. The third kappa shape index (κ3) is 7.47. The van der Waals surface area contributed by atoms with Gasteiger partial charge in [0.25, 0.3) is 11.8 Å². The second-order valence-electron chi connectivity index (χ2n) is 6.25. The van der Waals surface area contributed by atoms with E-state index in [1.165, 1.54) is 0 Å². The summed E-state index contributed by atoms with van der Waals surface area (Å²) in [6, 6.07) is 14.0. The van der Waals surface area contributed by atoms with Crippen LogP contribution in [0.5, 0.6) is 5.75 Å². The SMILES string of the molecule is CCCCCCOc1ccccc1C(=O)NC(=S)NNC(=O)c1ccccc1Br. The van der Waals surface area contributed by atoms with Crippen LogP contribution in [-0.4, -0.2) is 23.5 Å². The predicted octanol–water partition coefficient (Wildman–Crippen LogP) is 4.36. The van der Waals surface area contributed by atoms with Gasteiger partial charge in [0, 0.05) is 4.47 Å². The molecule has 29 heavy (non-hydrogen) atoms. The van der Waals surface area contributed by atoms with E-state index in [0.29, 0.717) is 28.0 Å². The summed E-state index contributed by atoms with van der Waals surface area (Å²) in [6.07, 6.45) is 4.35. The lowest BCUT2D eigenvalue weighted by molar-refractivity contribution is 0.0933. The van der Waals surface area contributed by atoms with E-state index in [2.05, 4.69) is 39.0 Å². The second-order valence-corrected chi connectivity index (χ2v) is 7.51. The molecule has 3 N–H and O–H groups in total. The highest BCUT2D eigenvalue weighted by Gasteiger charge is 2.14. The number of thiocarbonyl (C=S) groups is 1. The molecule has 2 rings (SSSR count). The van der Waals surface area contributed by atoms with Gasteiger partial charge in [0.1, 0.15) is 5.75 Å². The average molecular weight is 478 g/mol. The number of halogens is 1. The van der Waals surface area contributed by atoms with Gasteiger partial charge >= 0.3 is 0 Å². The molecule has 0 aromatic heterocycles. The topological polar surface area (TPSA) is 79.5 Å². The van der Waals surface area contributed by atoms with Crippen molar-refractivity contribution in [3.8, 4) is 5.75 Å². The van der Waals surface area contributed by atoms with Crippen molar-refractivity contribution in [2.75, 3.05) is 6.61 Å². The number of hydrogen-bond acceptors (Lipinski definition) is 4. The maximum atomic E-state index is 12.5. The van der Waals surface area contributed by atoms with Crippen molar-refractivity contribution in [2.24, 2.45) is 0 Å². The highest BCUT2D eigenvalue weighted by molar-refractivity contribution is 9.10. The normalized spacial score (nSPS) is 10.1. The lowest BCUT2D eigenvalue weighted by atomic mass is 10.2. The van der Waals surface area contributed by atoms with E-state index in [4.69, 9.17) is 17.0 Å². The zero-order valence-electron chi connectivity index (χ0n) is 16.2. The van der Waals surface area contributed by atoms with Crippen LogP contribution in [0.4, 0.5) is 0 Å². The first kappa shape index (κ1) is 22.8. The molecule has 2 amide bonds. The maximum absolute atomic E-state index is 12.5. The monoisotopic (exact) mass is 477 g/mol. The van der Waals surface area contributed by atoms with Gasteiger partial charge in [-0.05, 0) is 58.8 Å². The van der Waals surface area contributed by atoms with Crippen LogP contribution >= 0.6 is 28.1 Å². The Balaban J connectivity index is 1.87. The smallest absolute Gasteiger partial charge is 0.270 e.